The average molecular weight is 309 g/mol. The molecule has 0 aliphatic carbocycles. The zero-order chi connectivity index (χ0) is 14.5. The smallest absolute Gasteiger partial charge is 0.243 e. The van der Waals surface area contributed by atoms with E-state index in [9.17, 15) is 4.79 Å². The molecule has 0 aliphatic rings. The fraction of sp³-hybridized carbons (Fsp3) is 0.133. The number of carbonyl (C=O) groups is 1. The van der Waals surface area contributed by atoms with Crippen LogP contribution in [0.1, 0.15) is 5.56 Å². The number of hydrogen-bond donors (Lipinski definition) is 2. The second-order valence-corrected chi connectivity index (χ2v) is 5.13. The van der Waals surface area contributed by atoms with Crippen LogP contribution in [0.4, 0.5) is 11.4 Å². The summed E-state index contributed by atoms with van der Waals surface area (Å²) in [4.78, 5) is 11.9. The van der Waals surface area contributed by atoms with Gasteiger partial charge in [-0.05, 0) is 30.7 Å². The van der Waals surface area contributed by atoms with E-state index < -0.39 is 0 Å². The molecular weight excluding hydrogens is 295 g/mol. The first-order valence-electron chi connectivity index (χ1n) is 6.11. The van der Waals surface area contributed by atoms with Crippen molar-refractivity contribution in [1.29, 1.82) is 0 Å². The number of hydrogen-bond acceptors (Lipinski definition) is 2. The number of para-hydroxylation sites is 2. The second-order valence-electron chi connectivity index (χ2n) is 4.31. The zero-order valence-corrected chi connectivity index (χ0v) is 12.4. The van der Waals surface area contributed by atoms with Gasteiger partial charge in [0.15, 0.2) is 0 Å². The summed E-state index contributed by atoms with van der Waals surface area (Å²) in [5, 5.41) is 6.61. The number of aryl methyl sites for hydroxylation is 1. The Morgan fingerprint density at radius 3 is 2.35 bits per heavy atom. The normalized spacial score (nSPS) is 10.2. The van der Waals surface area contributed by atoms with Gasteiger partial charge >= 0.3 is 0 Å². The maximum Gasteiger partial charge on any atom is 0.243 e. The van der Waals surface area contributed by atoms with Gasteiger partial charge < -0.3 is 10.6 Å². The van der Waals surface area contributed by atoms with E-state index in [0.29, 0.717) is 15.7 Å². The molecule has 0 spiro atoms. The first-order chi connectivity index (χ1) is 9.58. The Kier molecular flexibility index (Phi) is 4.88. The number of benzene rings is 2. The third-order valence-electron chi connectivity index (χ3n) is 2.81. The highest BCUT2D eigenvalue weighted by Gasteiger charge is 2.09. The summed E-state index contributed by atoms with van der Waals surface area (Å²) in [6.07, 6.45) is 0. The molecule has 2 N–H and O–H groups in total. The molecule has 0 aliphatic heterocycles. The van der Waals surface area contributed by atoms with Crippen LogP contribution in [0.2, 0.25) is 10.0 Å². The second kappa shape index (κ2) is 6.64. The third-order valence-corrected chi connectivity index (χ3v) is 3.44. The number of anilines is 2. The zero-order valence-electron chi connectivity index (χ0n) is 10.9. The van der Waals surface area contributed by atoms with Gasteiger partial charge in [-0.3, -0.25) is 4.79 Å². The lowest BCUT2D eigenvalue weighted by atomic mass is 10.2. The van der Waals surface area contributed by atoms with Gasteiger partial charge in [-0.25, -0.2) is 0 Å². The summed E-state index contributed by atoms with van der Waals surface area (Å²) in [6, 6.07) is 12.8. The van der Waals surface area contributed by atoms with Crippen molar-refractivity contribution in [2.45, 2.75) is 6.92 Å². The SMILES string of the molecule is Cc1ccccc1NCC(=O)Nc1c(Cl)cccc1Cl. The van der Waals surface area contributed by atoms with Gasteiger partial charge in [-0.15, -0.1) is 0 Å². The summed E-state index contributed by atoms with van der Waals surface area (Å²) in [6.45, 7) is 2.12. The van der Waals surface area contributed by atoms with E-state index in [-0.39, 0.29) is 12.5 Å². The Morgan fingerprint density at radius 1 is 1.05 bits per heavy atom. The molecule has 0 heterocycles. The van der Waals surface area contributed by atoms with Crippen LogP contribution in [-0.4, -0.2) is 12.5 Å². The number of halogens is 2. The standard InChI is InChI=1S/C15H14Cl2N2O/c1-10-5-2-3-8-13(10)18-9-14(20)19-15-11(16)6-4-7-12(15)17/h2-8,18H,9H2,1H3,(H,19,20). The Bertz CT molecular complexity index is 609. The number of amides is 1. The molecule has 0 unspecified atom stereocenters. The van der Waals surface area contributed by atoms with E-state index in [1.807, 2.05) is 31.2 Å². The van der Waals surface area contributed by atoms with E-state index in [0.717, 1.165) is 11.3 Å². The highest BCUT2D eigenvalue weighted by Crippen LogP contribution is 2.29. The molecule has 3 nitrogen and oxygen atoms in total. The molecule has 0 saturated carbocycles. The van der Waals surface area contributed by atoms with Crippen LogP contribution in [-0.2, 0) is 4.79 Å². The number of rotatable bonds is 4. The van der Waals surface area contributed by atoms with Gasteiger partial charge in [0.05, 0.1) is 22.3 Å². The lowest BCUT2D eigenvalue weighted by Gasteiger charge is -2.11. The van der Waals surface area contributed by atoms with E-state index in [1.165, 1.54) is 0 Å². The number of carbonyl (C=O) groups excluding carboxylic acids is 1. The van der Waals surface area contributed by atoms with E-state index in [2.05, 4.69) is 10.6 Å². The lowest BCUT2D eigenvalue weighted by Crippen LogP contribution is -2.22. The van der Waals surface area contributed by atoms with Gasteiger partial charge in [0, 0.05) is 5.69 Å². The first kappa shape index (κ1) is 14.7. The molecular formula is C15H14Cl2N2O. The van der Waals surface area contributed by atoms with Gasteiger partial charge in [-0.1, -0.05) is 47.5 Å². The first-order valence-corrected chi connectivity index (χ1v) is 6.87. The summed E-state index contributed by atoms with van der Waals surface area (Å²) in [7, 11) is 0. The maximum absolute atomic E-state index is 11.9. The highest BCUT2D eigenvalue weighted by molar-refractivity contribution is 6.39. The summed E-state index contributed by atoms with van der Waals surface area (Å²) in [5.41, 5.74) is 2.44. The Hall–Kier alpha value is -1.71. The van der Waals surface area contributed by atoms with Crippen molar-refractivity contribution in [2.75, 3.05) is 17.2 Å². The summed E-state index contributed by atoms with van der Waals surface area (Å²) < 4.78 is 0. The van der Waals surface area contributed by atoms with Crippen molar-refractivity contribution in [3.8, 4) is 0 Å². The summed E-state index contributed by atoms with van der Waals surface area (Å²) in [5.74, 6) is -0.205. The van der Waals surface area contributed by atoms with Gasteiger partial charge in [0.1, 0.15) is 0 Å². The molecule has 2 aromatic rings. The van der Waals surface area contributed by atoms with Crippen molar-refractivity contribution >= 4 is 40.5 Å². The van der Waals surface area contributed by atoms with Gasteiger partial charge in [0.25, 0.3) is 0 Å². The summed E-state index contributed by atoms with van der Waals surface area (Å²) >= 11 is 12.0. The molecule has 0 radical (unpaired) electrons. The fourth-order valence-corrected chi connectivity index (χ4v) is 2.24. The minimum absolute atomic E-state index is 0.145. The van der Waals surface area contributed by atoms with E-state index in [1.54, 1.807) is 18.2 Å². The Balaban J connectivity index is 1.98. The molecule has 5 heteroatoms. The molecule has 104 valence electrons. The number of nitrogens with one attached hydrogen (secondary N) is 2. The lowest BCUT2D eigenvalue weighted by molar-refractivity contribution is -0.114. The molecule has 0 bridgehead atoms. The monoisotopic (exact) mass is 308 g/mol. The molecule has 0 atom stereocenters. The quantitative estimate of drug-likeness (QED) is 0.881. The van der Waals surface area contributed by atoms with Crippen molar-refractivity contribution in [1.82, 2.24) is 0 Å². The van der Waals surface area contributed by atoms with Crippen LogP contribution in [0.3, 0.4) is 0 Å². The minimum atomic E-state index is -0.205. The fourth-order valence-electron chi connectivity index (χ4n) is 1.75. The maximum atomic E-state index is 11.9. The Labute approximate surface area is 127 Å². The van der Waals surface area contributed by atoms with Crippen molar-refractivity contribution in [3.05, 3.63) is 58.1 Å². The van der Waals surface area contributed by atoms with Crippen LogP contribution in [0.25, 0.3) is 0 Å². The third kappa shape index (κ3) is 3.65. The van der Waals surface area contributed by atoms with Crippen LogP contribution < -0.4 is 10.6 Å². The highest BCUT2D eigenvalue weighted by atomic mass is 35.5. The predicted octanol–water partition coefficient (Wildman–Crippen LogP) is 4.35. The molecule has 1 amide bonds. The van der Waals surface area contributed by atoms with E-state index >= 15 is 0 Å². The van der Waals surface area contributed by atoms with Crippen LogP contribution in [0.5, 0.6) is 0 Å². The van der Waals surface area contributed by atoms with Gasteiger partial charge in [-0.2, -0.15) is 0 Å². The molecule has 2 aromatic carbocycles. The molecule has 2 rings (SSSR count). The topological polar surface area (TPSA) is 41.1 Å². The van der Waals surface area contributed by atoms with Crippen molar-refractivity contribution in [2.24, 2.45) is 0 Å². The molecule has 0 saturated heterocycles. The van der Waals surface area contributed by atoms with Crippen LogP contribution in [0, 0.1) is 6.92 Å². The van der Waals surface area contributed by atoms with Crippen LogP contribution in [0.15, 0.2) is 42.5 Å². The van der Waals surface area contributed by atoms with Crippen LogP contribution >= 0.6 is 23.2 Å². The average Bonchev–Trinajstić information content (AvgIpc) is 2.42. The molecule has 0 fully saturated rings. The van der Waals surface area contributed by atoms with Crippen molar-refractivity contribution < 1.29 is 4.79 Å². The largest absolute Gasteiger partial charge is 0.376 e. The van der Waals surface area contributed by atoms with Gasteiger partial charge in [0.2, 0.25) is 5.91 Å². The van der Waals surface area contributed by atoms with Crippen molar-refractivity contribution in [3.63, 3.8) is 0 Å². The molecule has 0 aromatic heterocycles. The minimum Gasteiger partial charge on any atom is -0.376 e. The molecule has 20 heavy (non-hydrogen) atoms. The Morgan fingerprint density at radius 2 is 1.70 bits per heavy atom. The van der Waals surface area contributed by atoms with E-state index in [4.69, 9.17) is 23.2 Å². The predicted molar refractivity (Wildman–Crippen MR) is 84.8 cm³/mol.